The Morgan fingerprint density at radius 3 is 1.58 bits per heavy atom. The molecule has 0 spiro atoms. The maximum atomic E-state index is 14.7. The molecular weight excluding hydrogens is 170 g/mol. The Labute approximate surface area is 77.0 Å². The van der Waals surface area contributed by atoms with Crippen molar-refractivity contribution in [3.8, 4) is 0 Å². The van der Waals surface area contributed by atoms with Crippen LogP contribution in [0.25, 0.3) is 0 Å². The third kappa shape index (κ3) is 2.69. The second-order valence-electron chi connectivity index (χ2n) is 3.85. The molecular formula is C10H24FP. The molecule has 0 atom stereocenters. The summed E-state index contributed by atoms with van der Waals surface area (Å²) in [5.74, 6) is 0. The van der Waals surface area contributed by atoms with Crippen molar-refractivity contribution in [1.29, 1.82) is 0 Å². The predicted molar refractivity (Wildman–Crippen MR) is 59.4 cm³/mol. The summed E-state index contributed by atoms with van der Waals surface area (Å²) < 4.78 is 14.7. The zero-order valence-corrected chi connectivity index (χ0v) is 9.96. The molecule has 0 amide bonds. The monoisotopic (exact) mass is 194 g/mol. The van der Waals surface area contributed by atoms with Crippen molar-refractivity contribution in [2.75, 3.05) is 24.6 Å². The minimum absolute atomic E-state index is 0.790. The van der Waals surface area contributed by atoms with Crippen LogP contribution in [0.4, 0.5) is 4.20 Å². The topological polar surface area (TPSA) is 0 Å². The molecule has 0 saturated carbocycles. The molecule has 0 aromatic carbocycles. The second-order valence-corrected chi connectivity index (χ2v) is 9.83. The molecule has 2 heteroatoms. The zero-order valence-electron chi connectivity index (χ0n) is 9.07. The van der Waals surface area contributed by atoms with Crippen molar-refractivity contribution in [2.24, 2.45) is 0 Å². The molecule has 76 valence electrons. The predicted octanol–water partition coefficient (Wildman–Crippen LogP) is 4.28. The molecule has 0 aliphatic rings. The van der Waals surface area contributed by atoms with E-state index in [4.69, 9.17) is 0 Å². The molecule has 0 unspecified atom stereocenters. The van der Waals surface area contributed by atoms with Gasteiger partial charge in [0.1, 0.15) is 0 Å². The Morgan fingerprint density at radius 1 is 0.917 bits per heavy atom. The summed E-state index contributed by atoms with van der Waals surface area (Å²) in [5.41, 5.74) is 0. The van der Waals surface area contributed by atoms with Gasteiger partial charge in [-0.05, 0) is 0 Å². The van der Waals surface area contributed by atoms with Crippen LogP contribution in [0.15, 0.2) is 0 Å². The van der Waals surface area contributed by atoms with Gasteiger partial charge in [0.05, 0.1) is 0 Å². The van der Waals surface area contributed by atoms with Gasteiger partial charge in [0, 0.05) is 0 Å². The Hall–Kier alpha value is 0.360. The minimum atomic E-state index is -2.70. The third-order valence-electron chi connectivity index (χ3n) is 3.44. The molecule has 0 nitrogen and oxygen atoms in total. The van der Waals surface area contributed by atoms with E-state index < -0.39 is 6.91 Å². The number of halogens is 1. The van der Waals surface area contributed by atoms with Crippen molar-refractivity contribution in [3.63, 3.8) is 0 Å². The van der Waals surface area contributed by atoms with Gasteiger partial charge in [-0.1, -0.05) is 0 Å². The molecule has 12 heavy (non-hydrogen) atoms. The van der Waals surface area contributed by atoms with Crippen molar-refractivity contribution in [1.82, 2.24) is 0 Å². The maximum absolute atomic E-state index is 14.7. The van der Waals surface area contributed by atoms with Crippen LogP contribution < -0.4 is 0 Å². The molecule has 0 rings (SSSR count). The van der Waals surface area contributed by atoms with Crippen LogP contribution in [0.1, 0.15) is 40.5 Å². The summed E-state index contributed by atoms with van der Waals surface area (Å²) in [7, 11) is 0. The van der Waals surface area contributed by atoms with Gasteiger partial charge < -0.3 is 0 Å². The van der Waals surface area contributed by atoms with Crippen molar-refractivity contribution >= 4 is 6.91 Å². The number of hydrogen-bond donors (Lipinski definition) is 0. The van der Waals surface area contributed by atoms with Gasteiger partial charge in [-0.15, -0.1) is 0 Å². The fourth-order valence-corrected chi connectivity index (χ4v) is 5.10. The summed E-state index contributed by atoms with van der Waals surface area (Å²) in [6, 6.07) is 0. The molecule has 0 N–H and O–H groups in total. The Bertz CT molecular complexity index is 119. The zero-order chi connectivity index (χ0) is 9.69. The quantitative estimate of drug-likeness (QED) is 0.553. The molecule has 0 heterocycles. The van der Waals surface area contributed by atoms with Crippen molar-refractivity contribution < 1.29 is 4.20 Å². The van der Waals surface area contributed by atoms with Crippen LogP contribution in [-0.2, 0) is 0 Å². The number of rotatable bonds is 6. The van der Waals surface area contributed by atoms with Crippen molar-refractivity contribution in [2.45, 2.75) is 40.5 Å². The standard InChI is InChI=1S/C10H24FP/c1-5-9-10-12(11,6-2,7-3)8-4/h5-10H2,1-4H3. The van der Waals surface area contributed by atoms with Gasteiger partial charge >= 0.3 is 76.3 Å². The SMILES string of the molecule is CCCCP(F)(CC)(CC)CC. The van der Waals surface area contributed by atoms with E-state index in [1.54, 1.807) is 0 Å². The van der Waals surface area contributed by atoms with Crippen LogP contribution in [0.3, 0.4) is 0 Å². The van der Waals surface area contributed by atoms with Crippen LogP contribution >= 0.6 is 6.91 Å². The summed E-state index contributed by atoms with van der Waals surface area (Å²) >= 11 is 0. The van der Waals surface area contributed by atoms with E-state index in [1.807, 2.05) is 20.8 Å². The van der Waals surface area contributed by atoms with Gasteiger partial charge in [-0.25, -0.2) is 0 Å². The molecule has 0 aliphatic carbocycles. The summed E-state index contributed by atoms with van der Waals surface area (Å²) in [4.78, 5) is 0. The van der Waals surface area contributed by atoms with E-state index in [9.17, 15) is 4.20 Å². The summed E-state index contributed by atoms with van der Waals surface area (Å²) in [6.45, 7) is 5.52. The first kappa shape index (κ1) is 12.4. The first-order valence-corrected chi connectivity index (χ1v) is 8.13. The van der Waals surface area contributed by atoms with E-state index in [1.165, 1.54) is 0 Å². The van der Waals surface area contributed by atoms with Gasteiger partial charge in [-0.2, -0.15) is 0 Å². The number of unbranched alkanes of at least 4 members (excludes halogenated alkanes) is 1. The Morgan fingerprint density at radius 2 is 1.33 bits per heavy atom. The van der Waals surface area contributed by atoms with E-state index in [0.717, 1.165) is 37.5 Å². The molecule has 0 saturated heterocycles. The molecule has 0 aromatic heterocycles. The molecule has 0 bridgehead atoms. The van der Waals surface area contributed by atoms with Gasteiger partial charge in [0.15, 0.2) is 0 Å². The average Bonchev–Trinajstić information content (AvgIpc) is 2.15. The first-order chi connectivity index (χ1) is 5.54. The van der Waals surface area contributed by atoms with Gasteiger partial charge in [0.25, 0.3) is 0 Å². The average molecular weight is 194 g/mol. The van der Waals surface area contributed by atoms with Crippen LogP contribution in [0, 0.1) is 0 Å². The van der Waals surface area contributed by atoms with E-state index >= 15 is 0 Å². The molecule has 0 aromatic rings. The molecule has 0 radical (unpaired) electrons. The third-order valence-corrected chi connectivity index (χ3v) is 9.62. The fourth-order valence-electron chi connectivity index (χ4n) is 1.70. The van der Waals surface area contributed by atoms with Crippen LogP contribution in [0.5, 0.6) is 0 Å². The molecule has 0 fully saturated rings. The molecule has 0 aliphatic heterocycles. The first-order valence-electron chi connectivity index (χ1n) is 5.26. The number of hydrogen-bond acceptors (Lipinski definition) is 0. The van der Waals surface area contributed by atoms with Gasteiger partial charge in [0.2, 0.25) is 0 Å². The summed E-state index contributed by atoms with van der Waals surface area (Å²) in [6.07, 6.45) is 5.44. The Balaban J connectivity index is 4.35. The van der Waals surface area contributed by atoms with Gasteiger partial charge in [-0.3, -0.25) is 0 Å². The van der Waals surface area contributed by atoms with E-state index in [-0.39, 0.29) is 0 Å². The Kier molecular flexibility index (Phi) is 4.69. The van der Waals surface area contributed by atoms with E-state index in [0.29, 0.717) is 0 Å². The van der Waals surface area contributed by atoms with Crippen LogP contribution in [0.2, 0.25) is 0 Å². The summed E-state index contributed by atoms with van der Waals surface area (Å²) in [5, 5.41) is 0. The second kappa shape index (κ2) is 4.56. The van der Waals surface area contributed by atoms with Crippen molar-refractivity contribution in [3.05, 3.63) is 0 Å². The normalized spacial score (nSPS) is 15.6. The fraction of sp³-hybridized carbons (Fsp3) is 1.00. The van der Waals surface area contributed by atoms with E-state index in [2.05, 4.69) is 6.92 Å². The van der Waals surface area contributed by atoms with Crippen LogP contribution in [-0.4, -0.2) is 24.6 Å².